The minimum absolute atomic E-state index is 0.555. The molecule has 0 fully saturated rings. The van der Waals surface area contributed by atoms with Crippen molar-refractivity contribution in [3.8, 4) is 0 Å². The average molecular weight is 175 g/mol. The summed E-state index contributed by atoms with van der Waals surface area (Å²) in [6.45, 7) is 11.3. The molecule has 0 aromatic heterocycles. The highest BCUT2D eigenvalue weighted by atomic mass is 14.5. The molecule has 0 aromatic rings. The highest BCUT2D eigenvalue weighted by Crippen LogP contribution is 2.12. The lowest BCUT2D eigenvalue weighted by Gasteiger charge is -2.01. The van der Waals surface area contributed by atoms with E-state index in [1.807, 2.05) is 38.2 Å². The summed E-state index contributed by atoms with van der Waals surface area (Å²) in [5.41, 5.74) is 8.18. The van der Waals surface area contributed by atoms with E-state index in [9.17, 15) is 0 Å². The van der Waals surface area contributed by atoms with Crippen molar-refractivity contribution in [1.29, 1.82) is 0 Å². The smallest absolute Gasteiger partial charge is 0.0241 e. The predicted molar refractivity (Wildman–Crippen MR) is 60.2 cm³/mol. The number of rotatable bonds is 4. The molecule has 0 aliphatic rings. The summed E-state index contributed by atoms with van der Waals surface area (Å²) < 4.78 is 0. The molecule has 0 bridgehead atoms. The van der Waals surface area contributed by atoms with Gasteiger partial charge in [-0.2, -0.15) is 0 Å². The lowest BCUT2D eigenvalue weighted by molar-refractivity contribution is 1.42. The fourth-order valence-electron chi connectivity index (χ4n) is 0.958. The third-order valence-corrected chi connectivity index (χ3v) is 1.65. The molecule has 2 N–H and O–H groups in total. The van der Waals surface area contributed by atoms with E-state index in [2.05, 4.69) is 13.2 Å². The minimum Gasteiger partial charge on any atom is -0.399 e. The van der Waals surface area contributed by atoms with Crippen molar-refractivity contribution in [3.63, 3.8) is 0 Å². The van der Waals surface area contributed by atoms with Crippen LogP contribution in [-0.4, -0.2) is 0 Å². The van der Waals surface area contributed by atoms with E-state index in [1.165, 1.54) is 0 Å². The third kappa shape index (κ3) is 4.16. The van der Waals surface area contributed by atoms with Crippen LogP contribution in [0.2, 0.25) is 0 Å². The van der Waals surface area contributed by atoms with Crippen molar-refractivity contribution >= 4 is 0 Å². The number of allylic oxidation sites excluding steroid dienone is 7. The molecule has 0 heterocycles. The van der Waals surface area contributed by atoms with Gasteiger partial charge in [-0.3, -0.25) is 0 Å². The van der Waals surface area contributed by atoms with E-state index in [-0.39, 0.29) is 0 Å². The van der Waals surface area contributed by atoms with Crippen molar-refractivity contribution in [2.75, 3.05) is 0 Å². The monoisotopic (exact) mass is 175 g/mol. The van der Waals surface area contributed by atoms with Gasteiger partial charge in [0.2, 0.25) is 0 Å². The molecule has 0 saturated heterocycles. The molecular weight excluding hydrogens is 158 g/mol. The van der Waals surface area contributed by atoms with Crippen LogP contribution < -0.4 is 5.73 Å². The highest BCUT2D eigenvalue weighted by molar-refractivity contribution is 5.46. The van der Waals surface area contributed by atoms with Gasteiger partial charge >= 0.3 is 0 Å². The molecule has 0 atom stereocenters. The predicted octanol–water partition coefficient (Wildman–Crippen LogP) is 3.09. The van der Waals surface area contributed by atoms with E-state index < -0.39 is 0 Å². The average Bonchev–Trinajstić information content (AvgIpc) is 2.11. The Labute approximate surface area is 80.6 Å². The van der Waals surface area contributed by atoms with Crippen molar-refractivity contribution in [2.45, 2.75) is 13.8 Å². The second-order valence-electron chi connectivity index (χ2n) is 2.60. The fourth-order valence-corrected chi connectivity index (χ4v) is 0.958. The Morgan fingerprint density at radius 2 is 1.62 bits per heavy atom. The van der Waals surface area contributed by atoms with E-state index in [1.54, 1.807) is 6.08 Å². The van der Waals surface area contributed by atoms with Gasteiger partial charge in [0.15, 0.2) is 0 Å². The van der Waals surface area contributed by atoms with Crippen LogP contribution >= 0.6 is 0 Å². The van der Waals surface area contributed by atoms with Crippen LogP contribution in [0.3, 0.4) is 0 Å². The van der Waals surface area contributed by atoms with Crippen LogP contribution in [0.4, 0.5) is 0 Å². The van der Waals surface area contributed by atoms with Gasteiger partial charge < -0.3 is 5.73 Å². The summed E-state index contributed by atoms with van der Waals surface area (Å²) in [6.07, 6.45) is 9.54. The molecule has 0 saturated carbocycles. The van der Waals surface area contributed by atoms with Gasteiger partial charge in [0.25, 0.3) is 0 Å². The molecule has 0 unspecified atom stereocenters. The van der Waals surface area contributed by atoms with E-state index in [0.29, 0.717) is 5.70 Å². The summed E-state index contributed by atoms with van der Waals surface area (Å²) >= 11 is 0. The first-order valence-electron chi connectivity index (χ1n) is 4.23. The molecule has 13 heavy (non-hydrogen) atoms. The van der Waals surface area contributed by atoms with Gasteiger partial charge in [-0.1, -0.05) is 37.5 Å². The first-order valence-corrected chi connectivity index (χ1v) is 4.23. The molecule has 0 amide bonds. The zero-order chi connectivity index (χ0) is 10.3. The van der Waals surface area contributed by atoms with Gasteiger partial charge in [-0.05, 0) is 31.1 Å². The van der Waals surface area contributed by atoms with Gasteiger partial charge in [0, 0.05) is 5.70 Å². The summed E-state index contributed by atoms with van der Waals surface area (Å²) in [5.74, 6) is 0. The molecule has 70 valence electrons. The zero-order valence-electron chi connectivity index (χ0n) is 8.38. The molecule has 1 nitrogen and oxygen atoms in total. The van der Waals surface area contributed by atoms with Crippen LogP contribution in [0.1, 0.15) is 13.8 Å². The fraction of sp³-hybridized carbons (Fsp3) is 0.167. The van der Waals surface area contributed by atoms with Gasteiger partial charge in [-0.25, -0.2) is 0 Å². The summed E-state index contributed by atoms with van der Waals surface area (Å²) in [5, 5.41) is 0. The molecule has 0 aromatic carbocycles. The number of hydrogen-bond acceptors (Lipinski definition) is 1. The summed E-state index contributed by atoms with van der Waals surface area (Å²) in [6, 6.07) is 0. The van der Waals surface area contributed by atoms with E-state index in [0.717, 1.165) is 11.1 Å². The Morgan fingerprint density at radius 3 is 1.92 bits per heavy atom. The van der Waals surface area contributed by atoms with E-state index in [4.69, 9.17) is 5.73 Å². The second kappa shape index (κ2) is 6.06. The van der Waals surface area contributed by atoms with Crippen LogP contribution in [0, 0.1) is 0 Å². The van der Waals surface area contributed by atoms with Crippen molar-refractivity contribution < 1.29 is 0 Å². The minimum atomic E-state index is 0.555. The highest BCUT2D eigenvalue weighted by Gasteiger charge is 1.93. The molecule has 0 spiro atoms. The molecule has 1 heteroatoms. The first kappa shape index (κ1) is 11.5. The Morgan fingerprint density at radius 1 is 1.08 bits per heavy atom. The zero-order valence-corrected chi connectivity index (χ0v) is 8.38. The summed E-state index contributed by atoms with van der Waals surface area (Å²) in [7, 11) is 0. The topological polar surface area (TPSA) is 26.0 Å². The lowest BCUT2D eigenvalue weighted by Crippen LogP contribution is -1.89. The largest absolute Gasteiger partial charge is 0.399 e. The SMILES string of the molecule is C=CC(=C\C)/C(/C=C\C(=C)N)=C/C. The van der Waals surface area contributed by atoms with Crippen LogP contribution in [0.15, 0.2) is 60.4 Å². The first-order chi connectivity index (χ1) is 6.15. The normalized spacial score (nSPS) is 13.4. The van der Waals surface area contributed by atoms with Crippen LogP contribution in [0.25, 0.3) is 0 Å². The Kier molecular flexibility index (Phi) is 5.37. The maximum absolute atomic E-state index is 5.42. The lowest BCUT2D eigenvalue weighted by atomic mass is 10.1. The molecule has 0 aliphatic heterocycles. The number of hydrogen-bond donors (Lipinski definition) is 1. The van der Waals surface area contributed by atoms with Crippen molar-refractivity contribution in [2.24, 2.45) is 5.73 Å². The third-order valence-electron chi connectivity index (χ3n) is 1.65. The van der Waals surface area contributed by atoms with Gasteiger partial charge in [-0.15, -0.1) is 0 Å². The maximum atomic E-state index is 5.42. The van der Waals surface area contributed by atoms with Gasteiger partial charge in [0.1, 0.15) is 0 Å². The quantitative estimate of drug-likeness (QED) is 0.653. The Bertz CT molecular complexity index is 277. The standard InChI is InChI=1S/C12H17N/c1-5-11(6-2)12(7-3)9-8-10(4)13/h5-9H,1,4,13H2,2-3H3/b9-8-,11-6+,12-7+. The maximum Gasteiger partial charge on any atom is 0.0241 e. The van der Waals surface area contributed by atoms with Crippen molar-refractivity contribution in [3.05, 3.63) is 60.4 Å². The molecule has 0 aliphatic carbocycles. The summed E-state index contributed by atoms with van der Waals surface area (Å²) in [4.78, 5) is 0. The molecule has 0 radical (unpaired) electrons. The van der Waals surface area contributed by atoms with Gasteiger partial charge in [0.05, 0.1) is 0 Å². The second-order valence-corrected chi connectivity index (χ2v) is 2.60. The molecular formula is C12H17N. The Hall–Kier alpha value is -1.50. The van der Waals surface area contributed by atoms with Crippen LogP contribution in [-0.2, 0) is 0 Å². The van der Waals surface area contributed by atoms with Crippen LogP contribution in [0.5, 0.6) is 0 Å². The molecule has 0 rings (SSSR count). The Balaban J connectivity index is 4.74. The van der Waals surface area contributed by atoms with Crippen molar-refractivity contribution in [1.82, 2.24) is 0 Å². The number of nitrogens with two attached hydrogens (primary N) is 1. The van der Waals surface area contributed by atoms with E-state index >= 15 is 0 Å².